The fourth-order valence-corrected chi connectivity index (χ4v) is 3.22. The van der Waals surface area contributed by atoms with Crippen LogP contribution >= 0.6 is 11.6 Å². The van der Waals surface area contributed by atoms with E-state index < -0.39 is 0 Å². The molecule has 0 atom stereocenters. The molecule has 150 valence electrons. The minimum absolute atomic E-state index is 0.292. The molecule has 30 heavy (non-hydrogen) atoms. The molecule has 0 saturated carbocycles. The van der Waals surface area contributed by atoms with Gasteiger partial charge in [-0.2, -0.15) is 0 Å². The molecular formula is C23H18ClN3O3. The maximum Gasteiger partial charge on any atom is 0.257 e. The number of carbonyl (C=O) groups is 1. The molecule has 0 aliphatic carbocycles. The van der Waals surface area contributed by atoms with Crippen molar-refractivity contribution >= 4 is 17.5 Å². The van der Waals surface area contributed by atoms with E-state index >= 15 is 0 Å². The first-order valence-electron chi connectivity index (χ1n) is 9.29. The van der Waals surface area contributed by atoms with Crippen LogP contribution in [0.25, 0.3) is 11.3 Å². The van der Waals surface area contributed by atoms with E-state index in [0.29, 0.717) is 45.8 Å². The van der Waals surface area contributed by atoms with E-state index in [2.05, 4.69) is 15.5 Å². The van der Waals surface area contributed by atoms with Gasteiger partial charge in [-0.3, -0.25) is 4.79 Å². The van der Waals surface area contributed by atoms with Gasteiger partial charge in [0.25, 0.3) is 5.91 Å². The molecule has 7 heteroatoms. The SMILES string of the molecule is Cc1onc(-c2ccccc2Cl)c1C(=O)NCc1cccc(Oc2ccccn2)c1. The lowest BCUT2D eigenvalue weighted by atomic mass is 10.1. The minimum Gasteiger partial charge on any atom is -0.439 e. The van der Waals surface area contributed by atoms with Crippen molar-refractivity contribution in [3.05, 3.63) is 94.8 Å². The van der Waals surface area contributed by atoms with Crippen LogP contribution in [-0.2, 0) is 6.54 Å². The first-order chi connectivity index (χ1) is 14.6. The highest BCUT2D eigenvalue weighted by molar-refractivity contribution is 6.33. The third-order valence-electron chi connectivity index (χ3n) is 4.43. The second-order valence-corrected chi connectivity index (χ2v) is 6.95. The normalized spacial score (nSPS) is 10.6. The summed E-state index contributed by atoms with van der Waals surface area (Å²) in [6.07, 6.45) is 1.66. The first kappa shape index (κ1) is 19.7. The van der Waals surface area contributed by atoms with Gasteiger partial charge in [-0.1, -0.05) is 53.2 Å². The van der Waals surface area contributed by atoms with Gasteiger partial charge in [-0.25, -0.2) is 4.98 Å². The Balaban J connectivity index is 1.49. The Bertz CT molecular complexity index is 1180. The quantitative estimate of drug-likeness (QED) is 0.451. The molecule has 0 unspecified atom stereocenters. The summed E-state index contributed by atoms with van der Waals surface area (Å²) < 4.78 is 11.0. The van der Waals surface area contributed by atoms with Crippen molar-refractivity contribution in [1.82, 2.24) is 15.5 Å². The Morgan fingerprint density at radius 2 is 1.93 bits per heavy atom. The van der Waals surface area contributed by atoms with Gasteiger partial charge in [0.1, 0.15) is 22.8 Å². The average molecular weight is 420 g/mol. The molecule has 4 aromatic rings. The van der Waals surface area contributed by atoms with Crippen molar-refractivity contribution in [1.29, 1.82) is 0 Å². The van der Waals surface area contributed by atoms with Crippen molar-refractivity contribution in [2.24, 2.45) is 0 Å². The number of rotatable bonds is 6. The number of benzene rings is 2. The number of hydrogen-bond donors (Lipinski definition) is 1. The highest BCUT2D eigenvalue weighted by Gasteiger charge is 2.22. The second kappa shape index (κ2) is 8.80. The molecule has 0 radical (unpaired) electrons. The Kier molecular flexibility index (Phi) is 5.77. The number of aryl methyl sites for hydroxylation is 1. The molecule has 4 rings (SSSR count). The summed E-state index contributed by atoms with van der Waals surface area (Å²) >= 11 is 6.27. The number of halogens is 1. The van der Waals surface area contributed by atoms with Crippen LogP contribution in [0.4, 0.5) is 0 Å². The largest absolute Gasteiger partial charge is 0.439 e. The van der Waals surface area contributed by atoms with E-state index in [0.717, 1.165) is 5.56 Å². The van der Waals surface area contributed by atoms with E-state index in [9.17, 15) is 4.79 Å². The molecule has 2 aromatic heterocycles. The Morgan fingerprint density at radius 3 is 2.73 bits per heavy atom. The lowest BCUT2D eigenvalue weighted by Crippen LogP contribution is -2.23. The molecule has 6 nitrogen and oxygen atoms in total. The Morgan fingerprint density at radius 1 is 1.10 bits per heavy atom. The van der Waals surface area contributed by atoms with Crippen molar-refractivity contribution in [3.63, 3.8) is 0 Å². The number of hydrogen-bond acceptors (Lipinski definition) is 5. The second-order valence-electron chi connectivity index (χ2n) is 6.54. The minimum atomic E-state index is -0.292. The predicted octanol–water partition coefficient (Wildman–Crippen LogP) is 5.42. The van der Waals surface area contributed by atoms with Crippen LogP contribution in [0.1, 0.15) is 21.7 Å². The number of nitrogens with one attached hydrogen (secondary N) is 1. The molecule has 0 fully saturated rings. The van der Waals surface area contributed by atoms with Gasteiger partial charge in [-0.15, -0.1) is 0 Å². The molecule has 0 saturated heterocycles. The molecule has 1 amide bonds. The van der Waals surface area contributed by atoms with Crippen LogP contribution in [0.2, 0.25) is 5.02 Å². The van der Waals surface area contributed by atoms with Gasteiger partial charge in [0, 0.05) is 24.4 Å². The van der Waals surface area contributed by atoms with E-state index in [-0.39, 0.29) is 5.91 Å². The van der Waals surface area contributed by atoms with Crippen molar-refractivity contribution in [2.45, 2.75) is 13.5 Å². The lowest BCUT2D eigenvalue weighted by molar-refractivity contribution is 0.0950. The molecule has 0 aliphatic rings. The maximum atomic E-state index is 12.9. The number of ether oxygens (including phenoxy) is 1. The van der Waals surface area contributed by atoms with Crippen LogP contribution < -0.4 is 10.1 Å². The van der Waals surface area contributed by atoms with Gasteiger partial charge in [0.15, 0.2) is 0 Å². The molecule has 2 heterocycles. The summed E-state index contributed by atoms with van der Waals surface area (Å²) in [5.74, 6) is 1.27. The topological polar surface area (TPSA) is 77.2 Å². The van der Waals surface area contributed by atoms with Gasteiger partial charge in [0.05, 0.1) is 5.02 Å². The molecule has 0 spiro atoms. The number of pyridine rings is 1. The van der Waals surface area contributed by atoms with E-state index in [1.165, 1.54) is 0 Å². The third kappa shape index (κ3) is 4.34. The van der Waals surface area contributed by atoms with Gasteiger partial charge < -0.3 is 14.6 Å². The summed E-state index contributed by atoms with van der Waals surface area (Å²) in [5, 5.41) is 7.45. The summed E-state index contributed by atoms with van der Waals surface area (Å²) in [5.41, 5.74) is 2.31. The van der Waals surface area contributed by atoms with Crippen LogP contribution in [0.15, 0.2) is 77.4 Å². The third-order valence-corrected chi connectivity index (χ3v) is 4.76. The predicted molar refractivity (Wildman–Crippen MR) is 114 cm³/mol. The molecule has 0 aliphatic heterocycles. The zero-order valence-electron chi connectivity index (χ0n) is 16.1. The summed E-state index contributed by atoms with van der Waals surface area (Å²) in [6.45, 7) is 2.01. The van der Waals surface area contributed by atoms with Crippen molar-refractivity contribution < 1.29 is 14.1 Å². The highest BCUT2D eigenvalue weighted by Crippen LogP contribution is 2.31. The highest BCUT2D eigenvalue weighted by atomic mass is 35.5. The summed E-state index contributed by atoms with van der Waals surface area (Å²) in [6, 6.07) is 20.1. The Hall–Kier alpha value is -3.64. The maximum absolute atomic E-state index is 12.9. The van der Waals surface area contributed by atoms with Crippen LogP contribution in [0, 0.1) is 6.92 Å². The summed E-state index contributed by atoms with van der Waals surface area (Å²) in [4.78, 5) is 17.0. The van der Waals surface area contributed by atoms with Crippen LogP contribution in [0.3, 0.4) is 0 Å². The fraction of sp³-hybridized carbons (Fsp3) is 0.0870. The first-order valence-corrected chi connectivity index (χ1v) is 9.67. The zero-order valence-corrected chi connectivity index (χ0v) is 16.9. The van der Waals surface area contributed by atoms with Crippen LogP contribution in [0.5, 0.6) is 11.6 Å². The number of amides is 1. The monoisotopic (exact) mass is 419 g/mol. The van der Waals surface area contributed by atoms with Gasteiger partial charge >= 0.3 is 0 Å². The molecule has 2 aromatic carbocycles. The lowest BCUT2D eigenvalue weighted by Gasteiger charge is -2.09. The van der Waals surface area contributed by atoms with Crippen LogP contribution in [-0.4, -0.2) is 16.0 Å². The van der Waals surface area contributed by atoms with Gasteiger partial charge in [-0.05, 0) is 36.8 Å². The average Bonchev–Trinajstić information content (AvgIpc) is 3.14. The summed E-state index contributed by atoms with van der Waals surface area (Å²) in [7, 11) is 0. The number of nitrogens with zero attached hydrogens (tertiary/aromatic N) is 2. The van der Waals surface area contributed by atoms with E-state index in [4.69, 9.17) is 20.9 Å². The standard InChI is InChI=1S/C23H18ClN3O3/c1-15-21(22(27-30-15)18-9-2-3-10-19(18)24)23(28)26-14-16-7-6-8-17(13-16)29-20-11-4-5-12-25-20/h2-13H,14H2,1H3,(H,26,28). The van der Waals surface area contributed by atoms with E-state index in [1.54, 1.807) is 31.3 Å². The zero-order chi connectivity index (χ0) is 20.9. The van der Waals surface area contributed by atoms with Crippen molar-refractivity contribution in [2.75, 3.05) is 0 Å². The molecule has 1 N–H and O–H groups in total. The molecular weight excluding hydrogens is 402 g/mol. The fourth-order valence-electron chi connectivity index (χ4n) is 2.99. The van der Waals surface area contributed by atoms with Crippen molar-refractivity contribution in [3.8, 4) is 22.9 Å². The Labute approximate surface area is 178 Å². The van der Waals surface area contributed by atoms with E-state index in [1.807, 2.05) is 48.5 Å². The number of aromatic nitrogens is 2. The van der Waals surface area contributed by atoms with Gasteiger partial charge in [0.2, 0.25) is 5.88 Å². The molecule has 0 bridgehead atoms. The smallest absolute Gasteiger partial charge is 0.257 e. The number of carbonyl (C=O) groups excluding carboxylic acids is 1.